The molecule has 1 aliphatic heterocycles. The van der Waals surface area contributed by atoms with Gasteiger partial charge in [-0.15, -0.1) is 0 Å². The second-order valence-corrected chi connectivity index (χ2v) is 3.06. The topological polar surface area (TPSA) is 6.48 Å². The first kappa shape index (κ1) is 5.44. The molecule has 0 saturated heterocycles. The van der Waals surface area contributed by atoms with Crippen LogP contribution in [-0.4, -0.2) is 14.5 Å². The maximum atomic E-state index is 3.25. The van der Waals surface area contributed by atoms with Crippen molar-refractivity contribution in [2.75, 3.05) is 6.67 Å². The highest BCUT2D eigenvalue weighted by Gasteiger charge is 2.03. The molecule has 0 radical (unpaired) electrons. The van der Waals surface area contributed by atoms with Gasteiger partial charge in [-0.25, -0.2) is 0 Å². The van der Waals surface area contributed by atoms with E-state index in [-0.39, 0.29) is 0 Å². The maximum Gasteiger partial charge on any atom is 0.111 e. The van der Waals surface area contributed by atoms with E-state index in [2.05, 4.69) is 32.3 Å². The van der Waals surface area contributed by atoms with Crippen LogP contribution in [-0.2, 0) is 0 Å². The minimum Gasteiger partial charge on any atom is -0.295 e. The minimum absolute atomic E-state index is 0.861. The first-order valence-electron chi connectivity index (χ1n) is 1.82. The van der Waals surface area contributed by atoms with Gasteiger partial charge >= 0.3 is 0 Å². The van der Waals surface area contributed by atoms with Crippen molar-refractivity contribution in [1.29, 1.82) is 0 Å². The second kappa shape index (κ2) is 2.05. The van der Waals surface area contributed by atoms with Crippen molar-refractivity contribution >= 4 is 32.3 Å². The van der Waals surface area contributed by atoms with Crippen LogP contribution in [0.2, 0.25) is 0 Å². The lowest BCUT2D eigenvalue weighted by Crippen LogP contribution is -2.07. The molecule has 0 amide bonds. The van der Waals surface area contributed by atoms with E-state index in [1.165, 1.54) is 0 Å². The van der Waals surface area contributed by atoms with Crippen molar-refractivity contribution in [3.63, 3.8) is 0 Å². The Kier molecular flexibility index (Phi) is 1.59. The van der Waals surface area contributed by atoms with E-state index in [0.29, 0.717) is 0 Å². The lowest BCUT2D eigenvalue weighted by Gasteiger charge is -2.05. The molecule has 0 spiro atoms. The molecular weight excluding hydrogens is 224 g/mol. The zero-order valence-electron chi connectivity index (χ0n) is 3.51. The molecule has 0 aromatic carbocycles. The summed E-state index contributed by atoms with van der Waals surface area (Å²) in [6, 6.07) is 0. The summed E-state index contributed by atoms with van der Waals surface area (Å²) < 4.78 is 3.78. The van der Waals surface area contributed by atoms with Crippen LogP contribution < -0.4 is 0 Å². The molecule has 1 rings (SSSR count). The van der Waals surface area contributed by atoms with Gasteiger partial charge in [-0.05, 0) is 0 Å². The predicted molar refractivity (Wildman–Crippen MR) is 35.5 cm³/mol. The van der Waals surface area contributed by atoms with E-state index in [9.17, 15) is 0 Å². The third-order valence-electron chi connectivity index (χ3n) is 0.660. The third kappa shape index (κ3) is 1.35. The van der Waals surface area contributed by atoms with Crippen LogP contribution >= 0.6 is 32.3 Å². The Labute approximate surface area is 59.4 Å². The van der Waals surface area contributed by atoms with Gasteiger partial charge in [0, 0.05) is 12.4 Å². The van der Waals surface area contributed by atoms with Crippen LogP contribution in [0.15, 0.2) is 12.4 Å². The fourth-order valence-electron chi connectivity index (χ4n) is 0.368. The Morgan fingerprint density at radius 1 is 1.14 bits per heavy atom. The molecule has 0 bridgehead atoms. The average molecular weight is 228 g/mol. The Morgan fingerprint density at radius 2 is 1.57 bits per heavy atom. The summed E-state index contributed by atoms with van der Waals surface area (Å²) in [5.41, 5.74) is 0. The summed E-state index contributed by atoms with van der Waals surface area (Å²) in [4.78, 5) is 0. The standard InChI is InChI=1S/C3H4Br2N2/c4-6-1-2-7(5)3-6/h1-2H,3H2. The van der Waals surface area contributed by atoms with Gasteiger partial charge in [-0.2, -0.15) is 0 Å². The molecule has 4 heteroatoms. The Balaban J connectivity index is 2.42. The fraction of sp³-hybridized carbons (Fsp3) is 0.333. The van der Waals surface area contributed by atoms with Crippen molar-refractivity contribution in [2.24, 2.45) is 0 Å². The van der Waals surface area contributed by atoms with Crippen LogP contribution in [0, 0.1) is 0 Å². The van der Waals surface area contributed by atoms with Gasteiger partial charge in [0.15, 0.2) is 0 Å². The molecule has 0 unspecified atom stereocenters. The smallest absolute Gasteiger partial charge is 0.111 e. The van der Waals surface area contributed by atoms with Crippen molar-refractivity contribution in [1.82, 2.24) is 7.85 Å². The quantitative estimate of drug-likeness (QED) is 0.581. The monoisotopic (exact) mass is 226 g/mol. The largest absolute Gasteiger partial charge is 0.295 e. The Morgan fingerprint density at radius 3 is 1.71 bits per heavy atom. The molecule has 0 aliphatic carbocycles. The molecule has 0 fully saturated rings. The van der Waals surface area contributed by atoms with Crippen LogP contribution in [0.1, 0.15) is 0 Å². The van der Waals surface area contributed by atoms with E-state index < -0.39 is 0 Å². The lowest BCUT2D eigenvalue weighted by atomic mass is 11.0. The molecule has 0 aromatic rings. The Hall–Kier alpha value is 0.300. The third-order valence-corrected chi connectivity index (χ3v) is 1.58. The molecule has 0 N–H and O–H groups in total. The van der Waals surface area contributed by atoms with Gasteiger partial charge in [0.2, 0.25) is 0 Å². The SMILES string of the molecule is BrN1C=CN(Br)C1. The highest BCUT2D eigenvalue weighted by molar-refractivity contribution is 9.08. The summed E-state index contributed by atoms with van der Waals surface area (Å²) >= 11 is 6.51. The molecule has 40 valence electrons. The van der Waals surface area contributed by atoms with Crippen molar-refractivity contribution in [3.8, 4) is 0 Å². The van der Waals surface area contributed by atoms with Crippen molar-refractivity contribution in [2.45, 2.75) is 0 Å². The van der Waals surface area contributed by atoms with E-state index in [4.69, 9.17) is 0 Å². The summed E-state index contributed by atoms with van der Waals surface area (Å²) in [5, 5.41) is 0. The van der Waals surface area contributed by atoms with Gasteiger partial charge in [0.05, 0.1) is 32.3 Å². The predicted octanol–water partition coefficient (Wildman–Crippen LogP) is 1.65. The fourth-order valence-corrected chi connectivity index (χ4v) is 1.36. The highest BCUT2D eigenvalue weighted by atomic mass is 79.9. The van der Waals surface area contributed by atoms with Gasteiger partial charge in [0.1, 0.15) is 6.67 Å². The van der Waals surface area contributed by atoms with E-state index in [1.54, 1.807) is 0 Å². The molecule has 7 heavy (non-hydrogen) atoms. The number of hydrogen-bond donors (Lipinski definition) is 0. The second-order valence-electron chi connectivity index (χ2n) is 1.24. The van der Waals surface area contributed by atoms with Crippen LogP contribution in [0.5, 0.6) is 0 Å². The maximum absolute atomic E-state index is 3.25. The molecule has 2 nitrogen and oxygen atoms in total. The zero-order chi connectivity index (χ0) is 5.28. The summed E-state index contributed by atoms with van der Waals surface area (Å²) in [7, 11) is 0. The van der Waals surface area contributed by atoms with E-state index in [1.807, 2.05) is 20.3 Å². The van der Waals surface area contributed by atoms with Gasteiger partial charge in [0.25, 0.3) is 0 Å². The van der Waals surface area contributed by atoms with Crippen molar-refractivity contribution in [3.05, 3.63) is 12.4 Å². The van der Waals surface area contributed by atoms with Crippen molar-refractivity contribution < 1.29 is 0 Å². The van der Waals surface area contributed by atoms with E-state index in [0.717, 1.165) is 6.67 Å². The summed E-state index contributed by atoms with van der Waals surface area (Å²) in [5.74, 6) is 0. The summed E-state index contributed by atoms with van der Waals surface area (Å²) in [6.45, 7) is 0.861. The first-order valence-corrected chi connectivity index (χ1v) is 3.24. The van der Waals surface area contributed by atoms with Crippen LogP contribution in [0.3, 0.4) is 0 Å². The number of halogens is 2. The van der Waals surface area contributed by atoms with Gasteiger partial charge < -0.3 is 0 Å². The average Bonchev–Trinajstić information content (AvgIpc) is 1.87. The zero-order valence-corrected chi connectivity index (χ0v) is 6.68. The molecule has 1 heterocycles. The van der Waals surface area contributed by atoms with Gasteiger partial charge in [-0.1, -0.05) is 0 Å². The van der Waals surface area contributed by atoms with Crippen LogP contribution in [0.25, 0.3) is 0 Å². The number of hydrogen-bond acceptors (Lipinski definition) is 2. The minimum atomic E-state index is 0.861. The van der Waals surface area contributed by atoms with Gasteiger partial charge in [-0.3, -0.25) is 7.85 Å². The molecule has 1 aliphatic rings. The normalized spacial score (nSPS) is 19.1. The first-order chi connectivity index (χ1) is 3.29. The molecule has 0 atom stereocenters. The highest BCUT2D eigenvalue weighted by Crippen LogP contribution is 2.12. The van der Waals surface area contributed by atoms with E-state index >= 15 is 0 Å². The number of rotatable bonds is 0. The van der Waals surface area contributed by atoms with Crippen LogP contribution in [0.4, 0.5) is 0 Å². The summed E-state index contributed by atoms with van der Waals surface area (Å²) in [6.07, 6.45) is 3.85. The lowest BCUT2D eigenvalue weighted by molar-refractivity contribution is 0.544. The number of nitrogens with zero attached hydrogens (tertiary/aromatic N) is 2. The molecule has 0 saturated carbocycles. The molecule has 0 aromatic heterocycles. The Bertz CT molecular complexity index is 82.9. The molecular formula is C3H4Br2N2.